The van der Waals surface area contributed by atoms with Gasteiger partial charge in [-0.25, -0.2) is 9.18 Å². The molecule has 5 rings (SSSR count). The molecule has 1 aromatic carbocycles. The summed E-state index contributed by atoms with van der Waals surface area (Å²) in [7, 11) is 0. The molecule has 1 N–H and O–H groups in total. The van der Waals surface area contributed by atoms with Crippen LogP contribution < -0.4 is 4.90 Å². The molecule has 9 nitrogen and oxygen atoms in total. The van der Waals surface area contributed by atoms with E-state index in [-0.39, 0.29) is 30.2 Å². The number of anilines is 1. The van der Waals surface area contributed by atoms with Crippen LogP contribution in [0.4, 0.5) is 14.9 Å². The average Bonchev–Trinajstić information content (AvgIpc) is 3.48. The van der Waals surface area contributed by atoms with E-state index in [4.69, 9.17) is 14.2 Å². The molecule has 0 aromatic heterocycles. The van der Waals surface area contributed by atoms with E-state index < -0.39 is 24.3 Å². The van der Waals surface area contributed by atoms with Crippen LogP contribution in [0.1, 0.15) is 58.4 Å². The Morgan fingerprint density at radius 2 is 1.84 bits per heavy atom. The number of aliphatic hydroxyl groups is 1. The standard InChI is InChI=1S/C34H48FN3O6/c1-23-6-8-30(39)21-32(40)44-33(25(3)17-26-18-27(35)20-29(19-26)37-13-15-42-16-14-37)24(2)7-9-31(23)43-34(41)38-12-11-36-10-4-5-28(36)22-38/h7,9,17-20,23-24,28,30-31,33,39H,4-6,8,10-16,21-22H2,1-3H3/b9-7-,25-17+/t23-,24-,28?,30+,31-,33-/m0/s1. The van der Waals surface area contributed by atoms with Gasteiger partial charge in [0.05, 0.1) is 25.7 Å². The molecule has 1 aromatic rings. The number of morpholine rings is 1. The molecule has 3 fully saturated rings. The predicted molar refractivity (Wildman–Crippen MR) is 167 cm³/mol. The topological polar surface area (TPSA) is 91.8 Å². The number of piperazine rings is 1. The second-order valence-electron chi connectivity index (χ2n) is 12.9. The first-order valence-electron chi connectivity index (χ1n) is 16.2. The third-order valence-corrected chi connectivity index (χ3v) is 9.47. The number of carbonyl (C=O) groups excluding carboxylic acids is 2. The van der Waals surface area contributed by atoms with E-state index in [0.29, 0.717) is 63.8 Å². The number of esters is 1. The zero-order chi connectivity index (χ0) is 31.2. The molecule has 6 atom stereocenters. The fourth-order valence-corrected chi connectivity index (χ4v) is 6.83. The number of carbonyl (C=O) groups is 2. The molecule has 0 saturated carbocycles. The number of amides is 1. The van der Waals surface area contributed by atoms with Crippen molar-refractivity contribution in [3.8, 4) is 0 Å². The van der Waals surface area contributed by atoms with Gasteiger partial charge in [-0.3, -0.25) is 9.69 Å². The molecule has 3 saturated heterocycles. The summed E-state index contributed by atoms with van der Waals surface area (Å²) in [6.45, 7) is 11.7. The van der Waals surface area contributed by atoms with Gasteiger partial charge in [-0.05, 0) is 80.5 Å². The maximum atomic E-state index is 14.7. The summed E-state index contributed by atoms with van der Waals surface area (Å²) < 4.78 is 32.2. The lowest BCUT2D eigenvalue weighted by Gasteiger charge is -2.37. The number of rotatable bonds is 4. The lowest BCUT2D eigenvalue weighted by Crippen LogP contribution is -2.52. The third-order valence-electron chi connectivity index (χ3n) is 9.47. The Balaban J connectivity index is 1.34. The number of hydrogen-bond donors (Lipinski definition) is 1. The number of fused-ring (bicyclic) bond motifs is 1. The minimum atomic E-state index is -0.861. The molecule has 4 aliphatic rings. The number of halogens is 1. The van der Waals surface area contributed by atoms with Crippen molar-refractivity contribution < 1.29 is 33.3 Å². The molecule has 242 valence electrons. The summed E-state index contributed by atoms with van der Waals surface area (Å²) in [6.07, 6.45) is 6.53. The Bertz CT molecular complexity index is 1220. The molecule has 10 heteroatoms. The summed E-state index contributed by atoms with van der Waals surface area (Å²) >= 11 is 0. The SMILES string of the molecule is C/C(=C\c1cc(F)cc(N2CCOCC2)c1)[C@H]1OC(=O)C[C@H](O)CC[C@H](C)[C@@H](OC(=O)N2CCN3CCCC3C2)/C=C\[C@@H]1C. The van der Waals surface area contributed by atoms with Gasteiger partial charge in [0.25, 0.3) is 0 Å². The first kappa shape index (κ1) is 32.4. The van der Waals surface area contributed by atoms with Crippen LogP contribution in [0.25, 0.3) is 6.08 Å². The molecule has 0 radical (unpaired) electrons. The fraction of sp³-hybridized carbons (Fsp3) is 0.647. The van der Waals surface area contributed by atoms with Crippen molar-refractivity contribution in [2.45, 2.75) is 77.2 Å². The highest BCUT2D eigenvalue weighted by atomic mass is 19.1. The fourth-order valence-electron chi connectivity index (χ4n) is 6.83. The number of ether oxygens (including phenoxy) is 3. The lowest BCUT2D eigenvalue weighted by molar-refractivity contribution is -0.151. The first-order valence-corrected chi connectivity index (χ1v) is 16.2. The van der Waals surface area contributed by atoms with Crippen molar-refractivity contribution in [2.75, 3.05) is 57.4 Å². The Kier molecular flexibility index (Phi) is 11.0. The average molecular weight is 614 g/mol. The Labute approximate surface area is 260 Å². The maximum Gasteiger partial charge on any atom is 0.410 e. The van der Waals surface area contributed by atoms with Crippen LogP contribution in [0.5, 0.6) is 0 Å². The van der Waals surface area contributed by atoms with Gasteiger partial charge in [0.1, 0.15) is 18.0 Å². The quantitative estimate of drug-likeness (QED) is 0.388. The number of hydrogen-bond acceptors (Lipinski definition) is 8. The molecular formula is C34H48FN3O6. The van der Waals surface area contributed by atoms with E-state index in [1.165, 1.54) is 18.6 Å². The van der Waals surface area contributed by atoms with Gasteiger partial charge >= 0.3 is 12.1 Å². The minimum Gasteiger partial charge on any atom is -0.457 e. The van der Waals surface area contributed by atoms with Crippen LogP contribution in [-0.2, 0) is 19.0 Å². The molecule has 4 heterocycles. The van der Waals surface area contributed by atoms with Crippen LogP contribution in [-0.4, -0.2) is 104 Å². The summed E-state index contributed by atoms with van der Waals surface area (Å²) in [5.74, 6) is -1.14. The molecule has 0 spiro atoms. The Morgan fingerprint density at radius 1 is 1.05 bits per heavy atom. The van der Waals surface area contributed by atoms with Crippen molar-refractivity contribution >= 4 is 23.8 Å². The van der Waals surface area contributed by atoms with Crippen molar-refractivity contribution in [3.63, 3.8) is 0 Å². The second-order valence-corrected chi connectivity index (χ2v) is 12.9. The minimum absolute atomic E-state index is 0.0544. The van der Waals surface area contributed by atoms with Crippen LogP contribution in [0, 0.1) is 17.7 Å². The number of benzene rings is 1. The van der Waals surface area contributed by atoms with Crippen molar-refractivity contribution in [2.24, 2.45) is 11.8 Å². The summed E-state index contributed by atoms with van der Waals surface area (Å²) in [5.41, 5.74) is 2.20. The van der Waals surface area contributed by atoms with Gasteiger partial charge in [0.15, 0.2) is 0 Å². The summed E-state index contributed by atoms with van der Waals surface area (Å²) in [5, 5.41) is 10.6. The van der Waals surface area contributed by atoms with Crippen LogP contribution in [0.15, 0.2) is 35.9 Å². The van der Waals surface area contributed by atoms with Crippen molar-refractivity contribution in [3.05, 3.63) is 47.3 Å². The summed E-state index contributed by atoms with van der Waals surface area (Å²) in [6, 6.07) is 5.33. The number of cyclic esters (lactones) is 1. The molecule has 4 aliphatic heterocycles. The monoisotopic (exact) mass is 613 g/mol. The molecular weight excluding hydrogens is 565 g/mol. The van der Waals surface area contributed by atoms with E-state index >= 15 is 0 Å². The normalized spacial score (nSPS) is 31.8. The molecule has 44 heavy (non-hydrogen) atoms. The van der Waals surface area contributed by atoms with Crippen molar-refractivity contribution in [1.29, 1.82) is 0 Å². The van der Waals surface area contributed by atoms with Gasteiger partial charge in [0.2, 0.25) is 0 Å². The molecule has 1 unspecified atom stereocenters. The molecule has 0 bridgehead atoms. The largest absolute Gasteiger partial charge is 0.457 e. The van der Waals surface area contributed by atoms with Crippen LogP contribution in [0.2, 0.25) is 0 Å². The third kappa shape index (κ3) is 8.40. The van der Waals surface area contributed by atoms with Crippen molar-refractivity contribution in [1.82, 2.24) is 9.80 Å². The number of nitrogens with zero attached hydrogens (tertiary/aromatic N) is 3. The lowest BCUT2D eigenvalue weighted by atomic mass is 9.91. The molecule has 1 amide bonds. The van der Waals surface area contributed by atoms with E-state index in [1.54, 1.807) is 0 Å². The van der Waals surface area contributed by atoms with E-state index in [9.17, 15) is 19.1 Å². The maximum absolute atomic E-state index is 14.7. The van der Waals surface area contributed by atoms with Crippen LogP contribution >= 0.6 is 0 Å². The Hall–Kier alpha value is -2.95. The zero-order valence-electron chi connectivity index (χ0n) is 26.3. The highest BCUT2D eigenvalue weighted by Crippen LogP contribution is 2.28. The summed E-state index contributed by atoms with van der Waals surface area (Å²) in [4.78, 5) is 32.6. The highest BCUT2D eigenvalue weighted by Gasteiger charge is 2.34. The predicted octanol–water partition coefficient (Wildman–Crippen LogP) is 4.64. The second kappa shape index (κ2) is 14.9. The van der Waals surface area contributed by atoms with E-state index in [0.717, 1.165) is 30.8 Å². The first-order chi connectivity index (χ1) is 21.2. The van der Waals surface area contributed by atoms with Gasteiger partial charge in [0, 0.05) is 50.4 Å². The zero-order valence-corrected chi connectivity index (χ0v) is 26.3. The number of aliphatic hydroxyl groups excluding tert-OH is 1. The van der Waals surface area contributed by atoms with E-state index in [1.807, 2.05) is 50.0 Å². The van der Waals surface area contributed by atoms with Gasteiger partial charge < -0.3 is 29.1 Å². The van der Waals surface area contributed by atoms with Crippen LogP contribution in [0.3, 0.4) is 0 Å². The molecule has 0 aliphatic carbocycles. The van der Waals surface area contributed by atoms with Gasteiger partial charge in [-0.15, -0.1) is 0 Å². The highest BCUT2D eigenvalue weighted by molar-refractivity contribution is 5.71. The Morgan fingerprint density at radius 3 is 2.64 bits per heavy atom. The van der Waals surface area contributed by atoms with Gasteiger partial charge in [-0.2, -0.15) is 0 Å². The van der Waals surface area contributed by atoms with Gasteiger partial charge in [-0.1, -0.05) is 26.0 Å². The smallest absolute Gasteiger partial charge is 0.410 e. The van der Waals surface area contributed by atoms with E-state index in [2.05, 4.69) is 9.80 Å².